The van der Waals surface area contributed by atoms with Gasteiger partial charge in [0.1, 0.15) is 29.6 Å². The van der Waals surface area contributed by atoms with Gasteiger partial charge in [-0.05, 0) is 44.7 Å². The van der Waals surface area contributed by atoms with E-state index in [4.69, 9.17) is 15.9 Å². The summed E-state index contributed by atoms with van der Waals surface area (Å²) < 4.78 is 5.36. The fraction of sp³-hybridized carbons (Fsp3) is 0.414. The van der Waals surface area contributed by atoms with Crippen LogP contribution < -0.4 is 16.4 Å². The molecule has 2 aromatic rings. The predicted octanol–water partition coefficient (Wildman–Crippen LogP) is 2.21. The Morgan fingerprint density at radius 2 is 1.60 bits per heavy atom. The van der Waals surface area contributed by atoms with Gasteiger partial charge < -0.3 is 31.1 Å². The quantitative estimate of drug-likeness (QED) is 0.222. The average molecular weight is 552 g/mol. The van der Waals surface area contributed by atoms with Gasteiger partial charge in [-0.1, -0.05) is 54.6 Å². The molecular formula is C29H37N5O6. The second kappa shape index (κ2) is 13.1. The third-order valence-corrected chi connectivity index (χ3v) is 6.43. The summed E-state index contributed by atoms with van der Waals surface area (Å²) in [7, 11) is 0. The molecule has 0 aromatic heterocycles. The Kier molecular flexibility index (Phi) is 9.87. The fourth-order valence-corrected chi connectivity index (χ4v) is 4.53. The minimum absolute atomic E-state index is 0.0107. The van der Waals surface area contributed by atoms with Gasteiger partial charge in [-0.3, -0.25) is 15.0 Å². The van der Waals surface area contributed by atoms with E-state index in [1.807, 2.05) is 30.3 Å². The third kappa shape index (κ3) is 8.55. The highest BCUT2D eigenvalue weighted by atomic mass is 16.6. The molecule has 0 spiro atoms. The summed E-state index contributed by atoms with van der Waals surface area (Å²) in [5.74, 6) is -2.34. The van der Waals surface area contributed by atoms with Gasteiger partial charge >= 0.3 is 12.1 Å². The van der Waals surface area contributed by atoms with Gasteiger partial charge in [-0.2, -0.15) is 0 Å². The number of aliphatic carboxylic acids is 1. The summed E-state index contributed by atoms with van der Waals surface area (Å²) in [5, 5.41) is 22.5. The van der Waals surface area contributed by atoms with Crippen molar-refractivity contribution in [3.8, 4) is 0 Å². The van der Waals surface area contributed by atoms with Gasteiger partial charge in [-0.15, -0.1) is 0 Å². The molecule has 11 nitrogen and oxygen atoms in total. The van der Waals surface area contributed by atoms with E-state index in [2.05, 4.69) is 10.6 Å². The Balaban J connectivity index is 1.74. The summed E-state index contributed by atoms with van der Waals surface area (Å²) in [6, 6.07) is 12.6. The fourth-order valence-electron chi connectivity index (χ4n) is 4.53. The number of amides is 3. The molecule has 3 rings (SSSR count). The molecule has 0 unspecified atom stereocenters. The van der Waals surface area contributed by atoms with Gasteiger partial charge in [-0.25, -0.2) is 9.59 Å². The van der Waals surface area contributed by atoms with Gasteiger partial charge in [0.25, 0.3) is 0 Å². The van der Waals surface area contributed by atoms with Gasteiger partial charge in [0.2, 0.25) is 11.8 Å². The Morgan fingerprint density at radius 3 is 2.17 bits per heavy atom. The van der Waals surface area contributed by atoms with Crippen LogP contribution in [-0.2, 0) is 32.0 Å². The number of amidine groups is 1. The zero-order valence-electron chi connectivity index (χ0n) is 23.0. The number of carboxylic acids is 1. The molecule has 0 bridgehead atoms. The standard InChI is InChI=1S/C29H37N5O6/c1-29(2,3)40-28(39)33-21(16-18-8-5-4-6-9-18)26(36)34-15-7-10-23(34)25(35)32-22(27(37)38)17-19-11-13-20(14-12-19)24(30)31/h4-6,8-9,11-14,21-23H,7,10,15-17H2,1-3H3,(H3,30,31)(H,32,35)(H,33,39)(H,37,38)/t21-,22+,23+/m1/s1. The number of nitrogen functional groups attached to an aromatic ring is 1. The molecule has 0 saturated carbocycles. The number of hydrogen-bond donors (Lipinski definition) is 5. The van der Waals surface area contributed by atoms with Gasteiger partial charge in [0.15, 0.2) is 0 Å². The largest absolute Gasteiger partial charge is 0.480 e. The molecule has 6 N–H and O–H groups in total. The Bertz CT molecular complexity index is 1230. The number of carboxylic acid groups (broad SMARTS) is 1. The van der Waals surface area contributed by atoms with E-state index in [0.717, 1.165) is 5.56 Å². The van der Waals surface area contributed by atoms with E-state index in [9.17, 15) is 24.3 Å². The zero-order chi connectivity index (χ0) is 29.4. The number of alkyl carbamates (subject to hydrolysis) is 1. The van der Waals surface area contributed by atoms with E-state index in [1.165, 1.54) is 4.90 Å². The van der Waals surface area contributed by atoms with Crippen molar-refractivity contribution in [3.05, 3.63) is 71.3 Å². The second-order valence-corrected chi connectivity index (χ2v) is 10.8. The lowest BCUT2D eigenvalue weighted by atomic mass is 10.0. The van der Waals surface area contributed by atoms with Crippen molar-refractivity contribution in [1.29, 1.82) is 5.41 Å². The molecule has 1 saturated heterocycles. The van der Waals surface area contributed by atoms with Crippen LogP contribution in [0.5, 0.6) is 0 Å². The molecule has 3 atom stereocenters. The van der Waals surface area contributed by atoms with E-state index >= 15 is 0 Å². The molecule has 40 heavy (non-hydrogen) atoms. The average Bonchev–Trinajstić information content (AvgIpc) is 3.37. The van der Waals surface area contributed by atoms with Crippen LogP contribution >= 0.6 is 0 Å². The number of ether oxygens (including phenoxy) is 1. The summed E-state index contributed by atoms with van der Waals surface area (Å²) in [6.07, 6.45) is 0.373. The molecule has 2 aromatic carbocycles. The van der Waals surface area contributed by atoms with Crippen LogP contribution in [0, 0.1) is 5.41 Å². The van der Waals surface area contributed by atoms with Crippen molar-refractivity contribution >= 4 is 29.7 Å². The maximum atomic E-state index is 13.7. The van der Waals surface area contributed by atoms with Crippen molar-refractivity contribution in [2.75, 3.05) is 6.54 Å². The van der Waals surface area contributed by atoms with Crippen LogP contribution in [0.3, 0.4) is 0 Å². The van der Waals surface area contributed by atoms with Crippen LogP contribution in [-0.4, -0.2) is 70.0 Å². The highest BCUT2D eigenvalue weighted by molar-refractivity contribution is 5.95. The summed E-state index contributed by atoms with van der Waals surface area (Å²) >= 11 is 0. The Hall–Kier alpha value is -4.41. The highest BCUT2D eigenvalue weighted by Crippen LogP contribution is 2.21. The first-order chi connectivity index (χ1) is 18.8. The molecule has 0 radical (unpaired) electrons. The number of nitrogens with zero attached hydrogens (tertiary/aromatic N) is 1. The molecular weight excluding hydrogens is 514 g/mol. The predicted molar refractivity (Wildman–Crippen MR) is 149 cm³/mol. The minimum atomic E-state index is -1.23. The first kappa shape index (κ1) is 30.1. The number of benzene rings is 2. The summed E-state index contributed by atoms with van der Waals surface area (Å²) in [4.78, 5) is 52.9. The van der Waals surface area contributed by atoms with Crippen LogP contribution in [0.1, 0.15) is 50.3 Å². The van der Waals surface area contributed by atoms with Crippen LogP contribution in [0.2, 0.25) is 0 Å². The molecule has 1 aliphatic heterocycles. The van der Waals surface area contributed by atoms with Crippen molar-refractivity contribution < 1.29 is 29.0 Å². The Labute approximate surface area is 233 Å². The zero-order valence-corrected chi connectivity index (χ0v) is 23.0. The normalized spacial score (nSPS) is 16.5. The van der Waals surface area contributed by atoms with Crippen molar-refractivity contribution in [3.63, 3.8) is 0 Å². The summed E-state index contributed by atoms with van der Waals surface area (Å²) in [5.41, 5.74) is 6.67. The lowest BCUT2D eigenvalue weighted by Gasteiger charge is -2.30. The molecule has 3 amide bonds. The topological polar surface area (TPSA) is 175 Å². The van der Waals surface area contributed by atoms with Gasteiger partial charge in [0, 0.05) is 24.9 Å². The van der Waals surface area contributed by atoms with Crippen molar-refractivity contribution in [2.45, 2.75) is 70.2 Å². The number of carbonyl (C=O) groups is 4. The first-order valence-electron chi connectivity index (χ1n) is 13.1. The molecule has 1 fully saturated rings. The van der Waals surface area contributed by atoms with E-state index < -0.39 is 47.6 Å². The van der Waals surface area contributed by atoms with Crippen LogP contribution in [0.4, 0.5) is 4.79 Å². The highest BCUT2D eigenvalue weighted by Gasteiger charge is 2.39. The van der Waals surface area contributed by atoms with Crippen LogP contribution in [0.15, 0.2) is 54.6 Å². The van der Waals surface area contributed by atoms with Crippen molar-refractivity contribution in [1.82, 2.24) is 15.5 Å². The smallest absolute Gasteiger partial charge is 0.408 e. The maximum Gasteiger partial charge on any atom is 0.408 e. The van der Waals surface area contributed by atoms with Gasteiger partial charge in [0.05, 0.1) is 0 Å². The number of hydrogen-bond acceptors (Lipinski definition) is 6. The molecule has 214 valence electrons. The number of likely N-dealkylation sites (tertiary alicyclic amines) is 1. The number of nitrogens with one attached hydrogen (secondary N) is 3. The molecule has 0 aliphatic carbocycles. The number of rotatable bonds is 10. The van der Waals surface area contributed by atoms with E-state index in [0.29, 0.717) is 30.5 Å². The third-order valence-electron chi connectivity index (χ3n) is 6.43. The van der Waals surface area contributed by atoms with Crippen LogP contribution in [0.25, 0.3) is 0 Å². The second-order valence-electron chi connectivity index (χ2n) is 10.8. The molecule has 11 heteroatoms. The molecule has 1 heterocycles. The monoisotopic (exact) mass is 551 g/mol. The lowest BCUT2D eigenvalue weighted by Crippen LogP contribution is -2.56. The Morgan fingerprint density at radius 1 is 1.00 bits per heavy atom. The SMILES string of the molecule is CC(C)(C)OC(=O)N[C@H](Cc1ccccc1)C(=O)N1CCC[C@H]1C(=O)N[C@@H](Cc1ccc(C(=N)N)cc1)C(=O)O. The number of nitrogens with two attached hydrogens (primary N) is 1. The maximum absolute atomic E-state index is 13.7. The van der Waals surface area contributed by atoms with E-state index in [-0.39, 0.29) is 18.7 Å². The minimum Gasteiger partial charge on any atom is -0.480 e. The van der Waals surface area contributed by atoms with E-state index in [1.54, 1.807) is 45.0 Å². The first-order valence-corrected chi connectivity index (χ1v) is 13.1. The number of carbonyl (C=O) groups excluding carboxylic acids is 3. The summed E-state index contributed by atoms with van der Waals surface area (Å²) in [6.45, 7) is 5.45. The lowest BCUT2D eigenvalue weighted by molar-refractivity contribution is -0.144. The molecule has 1 aliphatic rings. The van der Waals surface area contributed by atoms with Crippen molar-refractivity contribution in [2.24, 2.45) is 5.73 Å².